The fourth-order valence-corrected chi connectivity index (χ4v) is 1.43. The van der Waals surface area contributed by atoms with Crippen molar-refractivity contribution in [2.75, 3.05) is 0 Å². The summed E-state index contributed by atoms with van der Waals surface area (Å²) in [5, 5.41) is 19.5. The van der Waals surface area contributed by atoms with E-state index in [4.69, 9.17) is 10.2 Å². The van der Waals surface area contributed by atoms with E-state index < -0.39 is 29.6 Å². The number of amides is 1. The molecule has 0 saturated heterocycles. The van der Waals surface area contributed by atoms with Crippen LogP contribution in [0.5, 0.6) is 0 Å². The Kier molecular flexibility index (Phi) is 5.39. The molecule has 9 heteroatoms. The highest BCUT2D eigenvalue weighted by atomic mass is 16.4. The molecule has 0 fully saturated rings. The average molecular weight is 283 g/mol. The van der Waals surface area contributed by atoms with E-state index in [0.717, 1.165) is 4.57 Å². The third kappa shape index (κ3) is 4.88. The molecule has 0 aromatic carbocycles. The molecule has 1 unspecified atom stereocenters. The van der Waals surface area contributed by atoms with Gasteiger partial charge in [0.15, 0.2) is 0 Å². The lowest BCUT2D eigenvalue weighted by Crippen LogP contribution is -2.43. The first kappa shape index (κ1) is 15.3. The molecule has 9 nitrogen and oxygen atoms in total. The van der Waals surface area contributed by atoms with Gasteiger partial charge in [-0.3, -0.25) is 14.2 Å². The lowest BCUT2D eigenvalue weighted by molar-refractivity contribution is -0.143. The fraction of sp³-hybridized carbons (Fsp3) is 0.364. The van der Waals surface area contributed by atoms with Gasteiger partial charge in [0.2, 0.25) is 5.91 Å². The van der Waals surface area contributed by atoms with Crippen LogP contribution in [0.1, 0.15) is 12.8 Å². The first-order valence-corrected chi connectivity index (χ1v) is 5.65. The van der Waals surface area contributed by atoms with Crippen LogP contribution in [-0.2, 0) is 20.9 Å². The quantitative estimate of drug-likeness (QED) is 0.563. The van der Waals surface area contributed by atoms with Crippen molar-refractivity contribution in [1.29, 1.82) is 0 Å². The molecule has 1 aromatic rings. The number of carboxylic acids is 2. The average Bonchev–Trinajstić information content (AvgIpc) is 2.36. The highest BCUT2D eigenvalue weighted by Crippen LogP contribution is 1.98. The van der Waals surface area contributed by atoms with Gasteiger partial charge < -0.3 is 15.5 Å². The molecule has 20 heavy (non-hydrogen) atoms. The highest BCUT2D eigenvalue weighted by Gasteiger charge is 2.21. The predicted octanol–water partition coefficient (Wildman–Crippen LogP) is -1.32. The summed E-state index contributed by atoms with van der Waals surface area (Å²) in [4.78, 5) is 47.6. The van der Waals surface area contributed by atoms with Crippen LogP contribution < -0.4 is 11.0 Å². The predicted molar refractivity (Wildman–Crippen MR) is 64.9 cm³/mol. The van der Waals surface area contributed by atoms with E-state index in [1.54, 1.807) is 0 Å². The van der Waals surface area contributed by atoms with E-state index in [2.05, 4.69) is 10.3 Å². The third-order valence-electron chi connectivity index (χ3n) is 2.38. The Bertz CT molecular complexity index is 567. The molecule has 3 N–H and O–H groups in total. The normalized spacial score (nSPS) is 11.6. The van der Waals surface area contributed by atoms with Crippen LogP contribution in [-0.4, -0.2) is 43.7 Å². The lowest BCUT2D eigenvalue weighted by Gasteiger charge is -2.13. The summed E-state index contributed by atoms with van der Waals surface area (Å²) in [6, 6.07) is 0.138. The maximum Gasteiger partial charge on any atom is 0.347 e. The number of carbonyl (C=O) groups excluding carboxylic acids is 1. The maximum atomic E-state index is 11.6. The van der Waals surface area contributed by atoms with Crippen molar-refractivity contribution < 1.29 is 24.6 Å². The largest absolute Gasteiger partial charge is 0.481 e. The van der Waals surface area contributed by atoms with Crippen molar-refractivity contribution in [2.45, 2.75) is 25.4 Å². The summed E-state index contributed by atoms with van der Waals surface area (Å²) in [6.07, 6.45) is 1.98. The van der Waals surface area contributed by atoms with Crippen LogP contribution in [0, 0.1) is 0 Å². The molecule has 0 spiro atoms. The molecule has 0 aliphatic carbocycles. The van der Waals surface area contributed by atoms with Gasteiger partial charge in [-0.25, -0.2) is 14.6 Å². The molecule has 1 aromatic heterocycles. The standard InChI is InChI=1S/C11H13N3O6/c15-8(6-14-5-1-4-12-11(14)20)13-7(10(18)19)2-3-9(16)17/h1,4-5,7H,2-3,6H2,(H,13,15)(H,16,17)(H,18,19). The number of carbonyl (C=O) groups is 3. The van der Waals surface area contributed by atoms with Gasteiger partial charge >= 0.3 is 17.6 Å². The number of aromatic nitrogens is 2. The van der Waals surface area contributed by atoms with E-state index in [9.17, 15) is 19.2 Å². The Morgan fingerprint density at radius 1 is 1.35 bits per heavy atom. The van der Waals surface area contributed by atoms with Crippen molar-refractivity contribution in [2.24, 2.45) is 0 Å². The SMILES string of the molecule is O=C(O)CCC(NC(=O)Cn1cccnc1=O)C(=O)O. The fourth-order valence-electron chi connectivity index (χ4n) is 1.43. The van der Waals surface area contributed by atoms with E-state index >= 15 is 0 Å². The van der Waals surface area contributed by atoms with Crippen molar-refractivity contribution in [3.8, 4) is 0 Å². The highest BCUT2D eigenvalue weighted by molar-refractivity contribution is 5.83. The Morgan fingerprint density at radius 2 is 2.05 bits per heavy atom. The second-order valence-corrected chi connectivity index (χ2v) is 3.92. The van der Waals surface area contributed by atoms with Gasteiger partial charge in [-0.1, -0.05) is 0 Å². The van der Waals surface area contributed by atoms with Gasteiger partial charge in [0, 0.05) is 18.8 Å². The molecular formula is C11H13N3O6. The van der Waals surface area contributed by atoms with Gasteiger partial charge in [-0.15, -0.1) is 0 Å². The summed E-state index contributed by atoms with van der Waals surface area (Å²) in [7, 11) is 0. The summed E-state index contributed by atoms with van der Waals surface area (Å²) in [5.74, 6) is -3.20. The first-order chi connectivity index (χ1) is 9.40. The zero-order valence-corrected chi connectivity index (χ0v) is 10.4. The Hall–Kier alpha value is -2.71. The van der Waals surface area contributed by atoms with E-state index in [0.29, 0.717) is 0 Å². The van der Waals surface area contributed by atoms with E-state index in [1.165, 1.54) is 18.5 Å². The van der Waals surface area contributed by atoms with Crippen LogP contribution >= 0.6 is 0 Å². The summed E-state index contributed by atoms with van der Waals surface area (Å²) < 4.78 is 1.01. The van der Waals surface area contributed by atoms with Crippen molar-refractivity contribution in [1.82, 2.24) is 14.9 Å². The van der Waals surface area contributed by atoms with E-state index in [1.807, 2.05) is 0 Å². The Morgan fingerprint density at radius 3 is 2.60 bits per heavy atom. The molecule has 1 rings (SSSR count). The molecule has 0 aliphatic rings. The molecule has 1 atom stereocenters. The van der Waals surface area contributed by atoms with Gasteiger partial charge in [-0.2, -0.15) is 0 Å². The molecule has 1 heterocycles. The number of nitrogens with zero attached hydrogens (tertiary/aromatic N) is 2. The number of rotatable bonds is 7. The zero-order valence-electron chi connectivity index (χ0n) is 10.4. The van der Waals surface area contributed by atoms with Crippen molar-refractivity contribution in [3.05, 3.63) is 28.9 Å². The minimum Gasteiger partial charge on any atom is -0.481 e. The molecule has 1 amide bonds. The smallest absolute Gasteiger partial charge is 0.347 e. The zero-order chi connectivity index (χ0) is 15.1. The number of hydrogen-bond donors (Lipinski definition) is 3. The van der Waals surface area contributed by atoms with Gasteiger partial charge in [-0.05, 0) is 12.5 Å². The Labute approximate surface area is 112 Å². The summed E-state index contributed by atoms with van der Waals surface area (Å²) >= 11 is 0. The molecule has 0 radical (unpaired) electrons. The molecule has 0 bridgehead atoms. The summed E-state index contributed by atoms with van der Waals surface area (Å²) in [5.41, 5.74) is -0.639. The van der Waals surface area contributed by atoms with Crippen molar-refractivity contribution in [3.63, 3.8) is 0 Å². The number of carboxylic acid groups (broad SMARTS) is 2. The number of aliphatic carboxylic acids is 2. The van der Waals surface area contributed by atoms with Crippen LogP contribution in [0.3, 0.4) is 0 Å². The lowest BCUT2D eigenvalue weighted by atomic mass is 10.1. The number of hydrogen-bond acceptors (Lipinski definition) is 5. The molecule has 108 valence electrons. The number of nitrogens with one attached hydrogen (secondary N) is 1. The summed E-state index contributed by atoms with van der Waals surface area (Å²) in [6.45, 7) is -0.385. The third-order valence-corrected chi connectivity index (χ3v) is 2.38. The monoisotopic (exact) mass is 283 g/mol. The van der Waals surface area contributed by atoms with Crippen LogP contribution in [0.4, 0.5) is 0 Å². The molecule has 0 saturated carbocycles. The first-order valence-electron chi connectivity index (χ1n) is 5.65. The van der Waals surface area contributed by atoms with Gasteiger partial charge in [0.05, 0.1) is 0 Å². The van der Waals surface area contributed by atoms with Gasteiger partial charge in [0.25, 0.3) is 0 Å². The van der Waals surface area contributed by atoms with E-state index in [-0.39, 0.29) is 19.4 Å². The van der Waals surface area contributed by atoms with Crippen LogP contribution in [0.25, 0.3) is 0 Å². The van der Waals surface area contributed by atoms with Gasteiger partial charge in [0.1, 0.15) is 12.6 Å². The van der Waals surface area contributed by atoms with Crippen molar-refractivity contribution >= 4 is 17.8 Å². The molecular weight excluding hydrogens is 270 g/mol. The second-order valence-electron chi connectivity index (χ2n) is 3.92. The molecule has 0 aliphatic heterocycles. The topological polar surface area (TPSA) is 139 Å². The van der Waals surface area contributed by atoms with Crippen LogP contribution in [0.2, 0.25) is 0 Å². The maximum absolute atomic E-state index is 11.6. The Balaban J connectivity index is 2.63. The second kappa shape index (κ2) is 7.02. The minimum atomic E-state index is -1.34. The van der Waals surface area contributed by atoms with Crippen LogP contribution in [0.15, 0.2) is 23.3 Å². The minimum absolute atomic E-state index is 0.238.